The van der Waals surface area contributed by atoms with Crippen molar-refractivity contribution < 1.29 is 27.6 Å². The Hall–Kier alpha value is -1.98. The summed E-state index contributed by atoms with van der Waals surface area (Å²) < 4.78 is 37.3. The standard InChI is InChI=1S/C19H28N4O6S/c1-13-17(14(2)29-20-13)30(26,27)22-9-3-15(4-10-22)18(24)21-7-5-16(6-8-21)23-11-12-28-19(23)25/h15-16H,3-12H2,1-2H3. The zero-order chi connectivity index (χ0) is 21.5. The zero-order valence-corrected chi connectivity index (χ0v) is 18.2. The summed E-state index contributed by atoms with van der Waals surface area (Å²) in [5.74, 6) is 0.205. The summed E-state index contributed by atoms with van der Waals surface area (Å²) in [6.07, 6.45) is 2.24. The first-order valence-corrected chi connectivity index (χ1v) is 11.9. The number of carbonyl (C=O) groups excluding carboxylic acids is 2. The number of aromatic nitrogens is 1. The van der Waals surface area contributed by atoms with Crippen molar-refractivity contribution in [1.29, 1.82) is 0 Å². The first-order chi connectivity index (χ1) is 14.3. The normalized spacial score (nSPS) is 24.2. The minimum absolute atomic E-state index is 0.0897. The lowest BCUT2D eigenvalue weighted by molar-refractivity contribution is -0.138. The van der Waals surface area contributed by atoms with E-state index in [-0.39, 0.29) is 34.6 Å². The molecule has 4 heterocycles. The average Bonchev–Trinajstić information content (AvgIpc) is 3.32. The molecule has 0 spiro atoms. The van der Waals surface area contributed by atoms with Gasteiger partial charge in [-0.3, -0.25) is 4.79 Å². The van der Waals surface area contributed by atoms with Crippen molar-refractivity contribution in [2.75, 3.05) is 39.3 Å². The third-order valence-electron chi connectivity index (χ3n) is 6.38. The molecule has 1 aromatic rings. The van der Waals surface area contributed by atoms with Crippen molar-refractivity contribution in [2.24, 2.45) is 5.92 Å². The van der Waals surface area contributed by atoms with Gasteiger partial charge in [-0.25, -0.2) is 4.79 Å². The molecule has 11 heteroatoms. The Bertz CT molecular complexity index is 838. The number of piperidine rings is 2. The van der Waals surface area contributed by atoms with Gasteiger partial charge in [0.2, 0.25) is 10.8 Å². The van der Waals surface area contributed by atoms with Crippen LogP contribution in [0.5, 0.6) is 0 Å². The highest BCUT2D eigenvalue weighted by molar-refractivity contribution is 7.95. The molecule has 1 unspecified atom stereocenters. The van der Waals surface area contributed by atoms with Gasteiger partial charge in [-0.05, 0) is 32.6 Å². The highest BCUT2D eigenvalue weighted by atomic mass is 32.3. The topological polar surface area (TPSA) is 119 Å². The fraction of sp³-hybridized carbons (Fsp3) is 0.737. The van der Waals surface area contributed by atoms with Gasteiger partial charge in [0.1, 0.15) is 12.3 Å². The summed E-state index contributed by atoms with van der Waals surface area (Å²) in [6.45, 7) is 6.11. The monoisotopic (exact) mass is 440 g/mol. The Morgan fingerprint density at radius 1 is 1.10 bits per heavy atom. The largest absolute Gasteiger partial charge is 0.593 e. The maximum atomic E-state index is 13.0. The summed E-state index contributed by atoms with van der Waals surface area (Å²) in [5.41, 5.74) is 0.357. The first-order valence-electron chi connectivity index (χ1n) is 10.4. The molecule has 0 aliphatic carbocycles. The third kappa shape index (κ3) is 3.85. The van der Waals surface area contributed by atoms with Crippen LogP contribution in [-0.2, 0) is 24.1 Å². The fourth-order valence-electron chi connectivity index (χ4n) is 4.71. The first kappa shape index (κ1) is 21.3. The van der Waals surface area contributed by atoms with Crippen LogP contribution in [0.3, 0.4) is 0 Å². The van der Waals surface area contributed by atoms with Crippen LogP contribution in [0.1, 0.15) is 37.1 Å². The Labute approximate surface area is 176 Å². The molecule has 1 aromatic heterocycles. The number of sulfonamides is 1. The van der Waals surface area contributed by atoms with Crippen molar-refractivity contribution >= 4 is 22.4 Å². The minimum atomic E-state index is -3.67. The van der Waals surface area contributed by atoms with E-state index < -0.39 is 10.4 Å². The van der Waals surface area contributed by atoms with Gasteiger partial charge in [-0.15, -0.1) is 4.31 Å². The lowest BCUT2D eigenvalue weighted by atomic mass is 9.94. The predicted molar refractivity (Wildman–Crippen MR) is 105 cm³/mol. The van der Waals surface area contributed by atoms with E-state index in [4.69, 9.17) is 9.26 Å². The molecule has 1 atom stereocenters. The molecule has 30 heavy (non-hydrogen) atoms. The molecule has 10 nitrogen and oxygen atoms in total. The molecule has 3 saturated heterocycles. The van der Waals surface area contributed by atoms with Gasteiger partial charge in [-0.1, -0.05) is 9.37 Å². The van der Waals surface area contributed by atoms with Crippen molar-refractivity contribution in [2.45, 2.75) is 50.5 Å². The minimum Gasteiger partial charge on any atom is -0.593 e. The summed E-state index contributed by atoms with van der Waals surface area (Å²) in [6, 6.07) is 0.131. The van der Waals surface area contributed by atoms with E-state index in [9.17, 15) is 18.4 Å². The summed E-state index contributed by atoms with van der Waals surface area (Å²) in [7, 11) is -3.67. The van der Waals surface area contributed by atoms with Crippen LogP contribution in [0, 0.1) is 19.8 Å². The number of rotatable bonds is 4. The number of aryl methyl sites for hydroxylation is 2. The second-order valence-corrected chi connectivity index (χ2v) is 10.1. The Kier molecular flexibility index (Phi) is 5.86. The number of amides is 2. The van der Waals surface area contributed by atoms with E-state index in [1.54, 1.807) is 18.7 Å². The number of cyclic esters (lactones) is 1. The van der Waals surface area contributed by atoms with Crippen molar-refractivity contribution in [3.8, 4) is 0 Å². The lowest BCUT2D eigenvalue weighted by Crippen LogP contribution is -2.50. The van der Waals surface area contributed by atoms with Crippen LogP contribution >= 0.6 is 0 Å². The number of ether oxygens (including phenoxy) is 1. The fourth-order valence-corrected chi connectivity index (χ4v) is 6.47. The van der Waals surface area contributed by atoms with E-state index >= 15 is 0 Å². The van der Waals surface area contributed by atoms with Crippen LogP contribution in [0.2, 0.25) is 0 Å². The number of nitrogens with zero attached hydrogens (tertiary/aromatic N) is 4. The third-order valence-corrected chi connectivity index (χ3v) is 8.52. The van der Waals surface area contributed by atoms with E-state index in [0.717, 1.165) is 12.8 Å². The smallest absolute Gasteiger partial charge is 0.410 e. The van der Waals surface area contributed by atoms with Crippen molar-refractivity contribution in [3.05, 3.63) is 11.5 Å². The molecule has 2 amide bonds. The number of carbonyl (C=O) groups is 2. The van der Waals surface area contributed by atoms with Crippen LogP contribution in [0.15, 0.2) is 9.42 Å². The van der Waals surface area contributed by atoms with Crippen LogP contribution < -0.4 is 0 Å². The molecule has 0 bridgehead atoms. The van der Waals surface area contributed by atoms with Gasteiger partial charge in [0.15, 0.2) is 16.2 Å². The zero-order valence-electron chi connectivity index (χ0n) is 17.4. The lowest BCUT2D eigenvalue weighted by Gasteiger charge is -2.39. The van der Waals surface area contributed by atoms with E-state index in [1.165, 1.54) is 4.31 Å². The molecule has 3 aliphatic heterocycles. The Morgan fingerprint density at radius 3 is 2.30 bits per heavy atom. The van der Waals surface area contributed by atoms with E-state index in [2.05, 4.69) is 5.16 Å². The molecule has 166 valence electrons. The molecule has 4 rings (SSSR count). The molecule has 0 radical (unpaired) electrons. The van der Waals surface area contributed by atoms with Crippen LogP contribution in [-0.4, -0.2) is 81.2 Å². The van der Waals surface area contributed by atoms with Gasteiger partial charge >= 0.3 is 6.09 Å². The second kappa shape index (κ2) is 8.27. The molecular formula is C19H28N4O6S. The Balaban J connectivity index is 1.31. The van der Waals surface area contributed by atoms with Gasteiger partial charge in [-0.2, -0.15) is 0 Å². The van der Waals surface area contributed by atoms with Crippen LogP contribution in [0.25, 0.3) is 0 Å². The quantitative estimate of drug-likeness (QED) is 0.648. The summed E-state index contributed by atoms with van der Waals surface area (Å²) in [5, 5.41) is 3.75. The van der Waals surface area contributed by atoms with Crippen molar-refractivity contribution in [3.63, 3.8) is 0 Å². The Morgan fingerprint density at radius 2 is 1.77 bits per heavy atom. The van der Waals surface area contributed by atoms with E-state index in [0.29, 0.717) is 57.9 Å². The molecule has 0 N–H and O–H groups in total. The number of hydrogen-bond acceptors (Lipinski definition) is 7. The van der Waals surface area contributed by atoms with Gasteiger partial charge in [0.25, 0.3) is 0 Å². The highest BCUT2D eigenvalue weighted by Gasteiger charge is 2.41. The average molecular weight is 441 g/mol. The van der Waals surface area contributed by atoms with Crippen LogP contribution in [0.4, 0.5) is 4.79 Å². The molecule has 0 aromatic carbocycles. The number of likely N-dealkylation sites (tertiary alicyclic amines) is 1. The summed E-state index contributed by atoms with van der Waals surface area (Å²) in [4.78, 5) is 28.5. The van der Waals surface area contributed by atoms with Gasteiger partial charge < -0.3 is 23.6 Å². The van der Waals surface area contributed by atoms with Gasteiger partial charge in [0, 0.05) is 45.1 Å². The van der Waals surface area contributed by atoms with Crippen molar-refractivity contribution in [1.82, 2.24) is 19.3 Å². The molecule has 0 saturated carbocycles. The summed E-state index contributed by atoms with van der Waals surface area (Å²) >= 11 is 0. The molecule has 3 aliphatic rings. The second-order valence-electron chi connectivity index (χ2n) is 8.20. The maximum Gasteiger partial charge on any atom is 0.410 e. The maximum absolute atomic E-state index is 13.0. The molecule has 3 fully saturated rings. The predicted octanol–water partition coefficient (Wildman–Crippen LogP) is 1.35. The SMILES string of the molecule is Cc1noc(C)c1[S+](=O)([O-])N1CCC(C(=O)N2CCC(N3CCOC3=O)CC2)CC1. The van der Waals surface area contributed by atoms with E-state index in [1.807, 2.05) is 4.90 Å². The number of hydrogen-bond donors (Lipinski definition) is 0. The highest BCUT2D eigenvalue weighted by Crippen LogP contribution is 2.32. The van der Waals surface area contributed by atoms with Gasteiger partial charge in [0.05, 0.1) is 6.54 Å². The molecular weight excluding hydrogens is 412 g/mol.